The Labute approximate surface area is 213 Å². The topological polar surface area (TPSA) is 58.6 Å². The van der Waals surface area contributed by atoms with Gasteiger partial charge in [-0.25, -0.2) is 0 Å². The highest BCUT2D eigenvalue weighted by Gasteiger charge is 2.29. The van der Waals surface area contributed by atoms with Gasteiger partial charge in [0.25, 0.3) is 0 Å². The Morgan fingerprint density at radius 2 is 1.57 bits per heavy atom. The van der Waals surface area contributed by atoms with Crippen molar-refractivity contribution in [1.29, 1.82) is 0 Å². The molecule has 6 heteroatoms. The first-order valence-corrected chi connectivity index (χ1v) is 12.4. The second kappa shape index (κ2) is 13.5. The van der Waals surface area contributed by atoms with Gasteiger partial charge in [-0.05, 0) is 53.8 Å². The van der Waals surface area contributed by atoms with Crippen LogP contribution in [0.3, 0.4) is 0 Å². The third-order valence-corrected chi connectivity index (χ3v) is 6.13. The number of nitrogens with one attached hydrogen (secondary N) is 1. The number of methoxy groups -OCH3 is 1. The van der Waals surface area contributed by atoms with Crippen LogP contribution < -0.4 is 10.1 Å². The van der Waals surface area contributed by atoms with Crippen LogP contribution in [0.2, 0.25) is 5.02 Å². The Morgan fingerprint density at radius 1 is 0.914 bits per heavy atom. The number of carbonyl (C=O) groups excluding carboxylic acids is 2. The number of rotatable bonds is 12. The first-order valence-electron chi connectivity index (χ1n) is 12.0. The van der Waals surface area contributed by atoms with Gasteiger partial charge >= 0.3 is 0 Å². The number of nitrogens with zero attached hydrogens (tertiary/aromatic N) is 1. The molecule has 0 heterocycles. The average molecular weight is 493 g/mol. The maximum absolute atomic E-state index is 13.5. The smallest absolute Gasteiger partial charge is 0.243 e. The number of benzene rings is 3. The molecule has 3 aromatic carbocycles. The van der Waals surface area contributed by atoms with Crippen LogP contribution in [0.4, 0.5) is 0 Å². The molecule has 35 heavy (non-hydrogen) atoms. The Morgan fingerprint density at radius 3 is 2.20 bits per heavy atom. The lowest BCUT2D eigenvalue weighted by molar-refractivity contribution is -0.141. The number of halogens is 1. The Kier molecular flexibility index (Phi) is 10.2. The first kappa shape index (κ1) is 26.3. The first-order chi connectivity index (χ1) is 17.0. The van der Waals surface area contributed by atoms with E-state index in [-0.39, 0.29) is 11.8 Å². The fourth-order valence-corrected chi connectivity index (χ4v) is 4.06. The number of hydrogen-bond acceptors (Lipinski definition) is 3. The molecule has 0 aliphatic carbocycles. The van der Waals surface area contributed by atoms with E-state index in [9.17, 15) is 9.59 Å². The van der Waals surface area contributed by atoms with E-state index >= 15 is 0 Å². The van der Waals surface area contributed by atoms with Crippen molar-refractivity contribution < 1.29 is 14.3 Å². The van der Waals surface area contributed by atoms with Gasteiger partial charge in [0, 0.05) is 31.0 Å². The highest BCUT2D eigenvalue weighted by atomic mass is 35.5. The normalized spacial score (nSPS) is 11.5. The van der Waals surface area contributed by atoms with E-state index in [4.69, 9.17) is 16.3 Å². The molecule has 0 bridgehead atoms. The third-order valence-electron chi connectivity index (χ3n) is 5.87. The van der Waals surface area contributed by atoms with Crippen molar-refractivity contribution in [2.45, 2.75) is 45.2 Å². The van der Waals surface area contributed by atoms with Gasteiger partial charge in [0.05, 0.1) is 7.11 Å². The number of amides is 2. The second-order valence-electron chi connectivity index (χ2n) is 8.49. The van der Waals surface area contributed by atoms with E-state index in [1.807, 2.05) is 73.7 Å². The van der Waals surface area contributed by atoms with E-state index in [2.05, 4.69) is 5.32 Å². The summed E-state index contributed by atoms with van der Waals surface area (Å²) >= 11 is 6.05. The predicted octanol–water partition coefficient (Wildman–Crippen LogP) is 5.45. The van der Waals surface area contributed by atoms with Gasteiger partial charge in [0.2, 0.25) is 11.8 Å². The van der Waals surface area contributed by atoms with Crippen molar-refractivity contribution in [2.75, 3.05) is 13.7 Å². The number of hydrogen-bond donors (Lipinski definition) is 1. The standard InChI is InChI=1S/C29H33ClN2O3/c1-3-7-28(33)32(21-24-10-14-25(30)15-11-24)27(20-23-8-5-4-6-9-23)29(34)31-19-18-22-12-16-26(35-2)17-13-22/h4-6,8-17,27H,3,7,18-21H2,1-2H3,(H,31,34)/t27-/m0/s1. The molecule has 1 atom stereocenters. The zero-order chi connectivity index (χ0) is 25.0. The predicted molar refractivity (Wildman–Crippen MR) is 141 cm³/mol. The highest BCUT2D eigenvalue weighted by Crippen LogP contribution is 2.18. The quantitative estimate of drug-likeness (QED) is 0.366. The van der Waals surface area contributed by atoms with Crippen molar-refractivity contribution in [3.8, 4) is 5.75 Å². The Bertz CT molecular complexity index is 1070. The fraction of sp³-hybridized carbons (Fsp3) is 0.310. The van der Waals surface area contributed by atoms with Crippen LogP contribution >= 0.6 is 11.6 Å². The summed E-state index contributed by atoms with van der Waals surface area (Å²) in [6.07, 6.45) is 2.23. The SMILES string of the molecule is CCCC(=O)N(Cc1ccc(Cl)cc1)[C@@H](Cc1ccccc1)C(=O)NCCc1ccc(OC)cc1. The molecule has 0 aliphatic heterocycles. The van der Waals surface area contributed by atoms with E-state index in [0.29, 0.717) is 43.8 Å². The van der Waals surface area contributed by atoms with E-state index in [0.717, 1.165) is 22.4 Å². The molecule has 2 amide bonds. The number of ether oxygens (including phenoxy) is 1. The molecule has 0 aromatic heterocycles. The lowest BCUT2D eigenvalue weighted by Crippen LogP contribution is -2.50. The molecule has 0 unspecified atom stereocenters. The van der Waals surface area contributed by atoms with E-state index in [1.165, 1.54) is 0 Å². The van der Waals surface area contributed by atoms with Crippen LogP contribution in [0.25, 0.3) is 0 Å². The van der Waals surface area contributed by atoms with Gasteiger partial charge in [-0.3, -0.25) is 9.59 Å². The summed E-state index contributed by atoms with van der Waals surface area (Å²) in [7, 11) is 1.64. The summed E-state index contributed by atoms with van der Waals surface area (Å²) in [5.41, 5.74) is 3.04. The third kappa shape index (κ3) is 8.15. The molecule has 3 aromatic rings. The molecule has 0 radical (unpaired) electrons. The van der Waals surface area contributed by atoms with Crippen molar-refractivity contribution >= 4 is 23.4 Å². The Hall–Kier alpha value is -3.31. The van der Waals surface area contributed by atoms with E-state index < -0.39 is 6.04 Å². The molecule has 0 saturated carbocycles. The van der Waals surface area contributed by atoms with Gasteiger partial charge in [0.15, 0.2) is 0 Å². The lowest BCUT2D eigenvalue weighted by atomic mass is 10.0. The summed E-state index contributed by atoms with van der Waals surface area (Å²) in [5.74, 6) is 0.613. The van der Waals surface area contributed by atoms with Crippen molar-refractivity contribution in [3.63, 3.8) is 0 Å². The average Bonchev–Trinajstić information content (AvgIpc) is 2.88. The molecule has 1 N–H and O–H groups in total. The lowest BCUT2D eigenvalue weighted by Gasteiger charge is -2.31. The summed E-state index contributed by atoms with van der Waals surface area (Å²) < 4.78 is 5.21. The van der Waals surface area contributed by atoms with Crippen LogP contribution in [0, 0.1) is 0 Å². The molecular weight excluding hydrogens is 460 g/mol. The highest BCUT2D eigenvalue weighted by molar-refractivity contribution is 6.30. The molecule has 3 rings (SSSR count). The van der Waals surface area contributed by atoms with Gasteiger partial charge in [0.1, 0.15) is 11.8 Å². The molecule has 0 saturated heterocycles. The largest absolute Gasteiger partial charge is 0.497 e. The van der Waals surface area contributed by atoms with Crippen LogP contribution in [0.1, 0.15) is 36.5 Å². The molecular formula is C29H33ClN2O3. The monoisotopic (exact) mass is 492 g/mol. The summed E-state index contributed by atoms with van der Waals surface area (Å²) in [4.78, 5) is 28.4. The molecule has 0 aliphatic rings. The van der Waals surface area contributed by atoms with Gasteiger partial charge in [-0.15, -0.1) is 0 Å². The van der Waals surface area contributed by atoms with Crippen LogP contribution in [0.15, 0.2) is 78.9 Å². The zero-order valence-electron chi connectivity index (χ0n) is 20.4. The van der Waals surface area contributed by atoms with Gasteiger partial charge < -0.3 is 15.0 Å². The minimum absolute atomic E-state index is 0.0336. The Balaban J connectivity index is 1.79. The molecule has 184 valence electrons. The van der Waals surface area contributed by atoms with Crippen LogP contribution in [-0.2, 0) is 29.0 Å². The van der Waals surface area contributed by atoms with Gasteiger partial charge in [-0.2, -0.15) is 0 Å². The minimum atomic E-state index is -0.622. The van der Waals surface area contributed by atoms with Gasteiger partial charge in [-0.1, -0.05) is 73.1 Å². The molecule has 0 fully saturated rings. The van der Waals surface area contributed by atoms with Crippen LogP contribution in [-0.4, -0.2) is 36.4 Å². The van der Waals surface area contributed by atoms with E-state index in [1.54, 1.807) is 24.1 Å². The number of carbonyl (C=O) groups is 2. The minimum Gasteiger partial charge on any atom is -0.497 e. The maximum Gasteiger partial charge on any atom is 0.243 e. The molecule has 0 spiro atoms. The summed E-state index contributed by atoms with van der Waals surface area (Å²) in [5, 5.41) is 3.70. The second-order valence-corrected chi connectivity index (χ2v) is 8.93. The van der Waals surface area contributed by atoms with Crippen molar-refractivity contribution in [1.82, 2.24) is 10.2 Å². The summed E-state index contributed by atoms with van der Waals surface area (Å²) in [6, 6.07) is 24.4. The van der Waals surface area contributed by atoms with Crippen molar-refractivity contribution in [2.24, 2.45) is 0 Å². The summed E-state index contributed by atoms with van der Waals surface area (Å²) in [6.45, 7) is 2.80. The van der Waals surface area contributed by atoms with Crippen molar-refractivity contribution in [3.05, 3.63) is 101 Å². The maximum atomic E-state index is 13.5. The zero-order valence-corrected chi connectivity index (χ0v) is 21.1. The molecule has 5 nitrogen and oxygen atoms in total. The fourth-order valence-electron chi connectivity index (χ4n) is 3.94. The van der Waals surface area contributed by atoms with Crippen LogP contribution in [0.5, 0.6) is 5.75 Å².